The molecule has 0 saturated heterocycles. The van der Waals surface area contributed by atoms with Crippen molar-refractivity contribution in [3.05, 3.63) is 29.3 Å². The lowest BCUT2D eigenvalue weighted by atomic mass is 9.93. The highest BCUT2D eigenvalue weighted by atomic mass is 16.5. The molecule has 2 nitrogen and oxygen atoms in total. The summed E-state index contributed by atoms with van der Waals surface area (Å²) in [5.41, 5.74) is 2.66. The molecule has 0 bridgehead atoms. The molecular weight excluding hydrogens is 174 g/mol. The van der Waals surface area contributed by atoms with E-state index in [4.69, 9.17) is 4.74 Å². The molecule has 14 heavy (non-hydrogen) atoms. The number of rotatable bonds is 2. The lowest BCUT2D eigenvalue weighted by Crippen LogP contribution is -2.29. The molecule has 0 fully saturated rings. The van der Waals surface area contributed by atoms with Gasteiger partial charge in [-0.05, 0) is 27.0 Å². The van der Waals surface area contributed by atoms with E-state index in [0.717, 1.165) is 12.4 Å². The zero-order chi connectivity index (χ0) is 10.1. The Morgan fingerprint density at radius 2 is 2.29 bits per heavy atom. The van der Waals surface area contributed by atoms with E-state index in [1.54, 1.807) is 0 Å². The molecule has 0 spiro atoms. The predicted octanol–water partition coefficient (Wildman–Crippen LogP) is 2.08. The molecule has 2 heteroatoms. The van der Waals surface area contributed by atoms with E-state index >= 15 is 0 Å². The van der Waals surface area contributed by atoms with Crippen LogP contribution < -0.4 is 10.1 Å². The van der Waals surface area contributed by atoms with Crippen molar-refractivity contribution in [2.75, 3.05) is 13.7 Å². The number of aryl methyl sites for hydroxylation is 1. The van der Waals surface area contributed by atoms with Gasteiger partial charge < -0.3 is 10.1 Å². The number of likely N-dealkylation sites (N-methyl/N-ethyl adjacent to an activating group) is 1. The summed E-state index contributed by atoms with van der Waals surface area (Å²) >= 11 is 0. The number of ether oxygens (including phenoxy) is 1. The van der Waals surface area contributed by atoms with Crippen molar-refractivity contribution < 1.29 is 4.74 Å². The Morgan fingerprint density at radius 3 is 3.00 bits per heavy atom. The zero-order valence-electron chi connectivity index (χ0n) is 9.00. The highest BCUT2D eigenvalue weighted by Gasteiger charge is 2.27. The van der Waals surface area contributed by atoms with Gasteiger partial charge in [0.05, 0.1) is 6.61 Å². The van der Waals surface area contributed by atoms with E-state index in [1.165, 1.54) is 11.1 Å². The predicted molar refractivity (Wildman–Crippen MR) is 57.9 cm³/mol. The van der Waals surface area contributed by atoms with Crippen LogP contribution in [0.3, 0.4) is 0 Å². The molecule has 1 N–H and O–H groups in total. The van der Waals surface area contributed by atoms with E-state index in [0.29, 0.717) is 12.0 Å². The first-order valence-corrected chi connectivity index (χ1v) is 5.13. The molecular formula is C12H17NO. The Hall–Kier alpha value is -1.02. The number of hydrogen-bond acceptors (Lipinski definition) is 2. The minimum atomic E-state index is 0.470. The standard InChI is InChI=1S/C12H17NO/c1-8-4-5-12-10(6-8)11(7-14-12)9(2)13-3/h4-6,9,11,13H,7H2,1-3H3. The van der Waals surface area contributed by atoms with Crippen LogP contribution in [0.1, 0.15) is 24.0 Å². The van der Waals surface area contributed by atoms with E-state index in [2.05, 4.69) is 37.4 Å². The van der Waals surface area contributed by atoms with Crippen LogP contribution in [0.25, 0.3) is 0 Å². The quantitative estimate of drug-likeness (QED) is 0.772. The smallest absolute Gasteiger partial charge is 0.123 e. The van der Waals surface area contributed by atoms with E-state index in [-0.39, 0.29) is 0 Å². The van der Waals surface area contributed by atoms with E-state index in [1.807, 2.05) is 7.05 Å². The second kappa shape index (κ2) is 3.62. The number of fused-ring (bicyclic) bond motifs is 1. The Kier molecular flexibility index (Phi) is 2.46. The van der Waals surface area contributed by atoms with Crippen LogP contribution >= 0.6 is 0 Å². The topological polar surface area (TPSA) is 21.3 Å². The highest BCUT2D eigenvalue weighted by molar-refractivity contribution is 5.43. The van der Waals surface area contributed by atoms with Gasteiger partial charge in [-0.2, -0.15) is 0 Å². The normalized spacial score (nSPS) is 21.5. The van der Waals surface area contributed by atoms with Crippen LogP contribution in [0.5, 0.6) is 5.75 Å². The van der Waals surface area contributed by atoms with Crippen LogP contribution in [0.15, 0.2) is 18.2 Å². The third kappa shape index (κ3) is 1.50. The largest absolute Gasteiger partial charge is 0.493 e. The molecule has 1 aliphatic heterocycles. The maximum atomic E-state index is 5.65. The lowest BCUT2D eigenvalue weighted by Gasteiger charge is -2.17. The monoisotopic (exact) mass is 191 g/mol. The van der Waals surface area contributed by atoms with Crippen molar-refractivity contribution in [1.29, 1.82) is 0 Å². The molecule has 2 unspecified atom stereocenters. The molecule has 1 aromatic carbocycles. The van der Waals surface area contributed by atoms with Crippen molar-refractivity contribution in [3.63, 3.8) is 0 Å². The van der Waals surface area contributed by atoms with Gasteiger partial charge in [0.15, 0.2) is 0 Å². The van der Waals surface area contributed by atoms with E-state index < -0.39 is 0 Å². The maximum absolute atomic E-state index is 5.65. The summed E-state index contributed by atoms with van der Waals surface area (Å²) in [5, 5.41) is 3.29. The van der Waals surface area contributed by atoms with Gasteiger partial charge in [-0.3, -0.25) is 0 Å². The molecule has 2 rings (SSSR count). The van der Waals surface area contributed by atoms with Crippen LogP contribution in [0.2, 0.25) is 0 Å². The van der Waals surface area contributed by atoms with Gasteiger partial charge in [-0.25, -0.2) is 0 Å². The van der Waals surface area contributed by atoms with Crippen molar-refractivity contribution in [2.45, 2.75) is 25.8 Å². The lowest BCUT2D eigenvalue weighted by molar-refractivity contribution is 0.308. The molecule has 2 atom stereocenters. The van der Waals surface area contributed by atoms with Gasteiger partial charge in [-0.15, -0.1) is 0 Å². The summed E-state index contributed by atoms with van der Waals surface area (Å²) < 4.78 is 5.65. The van der Waals surface area contributed by atoms with Gasteiger partial charge in [-0.1, -0.05) is 17.7 Å². The minimum Gasteiger partial charge on any atom is -0.493 e. The third-order valence-electron chi connectivity index (χ3n) is 3.04. The fourth-order valence-corrected chi connectivity index (χ4v) is 1.97. The molecule has 1 heterocycles. The van der Waals surface area contributed by atoms with Crippen molar-refractivity contribution >= 4 is 0 Å². The van der Waals surface area contributed by atoms with Crippen LogP contribution in [0, 0.1) is 6.92 Å². The third-order valence-corrected chi connectivity index (χ3v) is 3.04. The Balaban J connectivity index is 2.33. The van der Waals surface area contributed by atoms with Crippen molar-refractivity contribution in [1.82, 2.24) is 5.32 Å². The summed E-state index contributed by atoms with van der Waals surface area (Å²) in [6.45, 7) is 5.13. The highest BCUT2D eigenvalue weighted by Crippen LogP contribution is 2.36. The van der Waals surface area contributed by atoms with Crippen molar-refractivity contribution in [3.8, 4) is 5.75 Å². The summed E-state index contributed by atoms with van der Waals surface area (Å²) in [6, 6.07) is 6.89. The molecule has 76 valence electrons. The molecule has 0 amide bonds. The van der Waals surface area contributed by atoms with Gasteiger partial charge in [0, 0.05) is 17.5 Å². The average Bonchev–Trinajstić information content (AvgIpc) is 2.59. The Bertz CT molecular complexity index is 335. The first kappa shape index (κ1) is 9.53. The van der Waals surface area contributed by atoms with Crippen molar-refractivity contribution in [2.24, 2.45) is 0 Å². The van der Waals surface area contributed by atoms with Gasteiger partial charge in [0.25, 0.3) is 0 Å². The first-order chi connectivity index (χ1) is 6.72. The molecule has 0 aromatic heterocycles. The van der Waals surface area contributed by atoms with Crippen LogP contribution in [0.4, 0.5) is 0 Å². The summed E-state index contributed by atoms with van der Waals surface area (Å²) in [7, 11) is 2.00. The molecule has 1 aromatic rings. The molecule has 1 aliphatic rings. The molecule has 0 saturated carbocycles. The van der Waals surface area contributed by atoms with Gasteiger partial charge in [0.2, 0.25) is 0 Å². The second-order valence-electron chi connectivity index (χ2n) is 4.04. The number of nitrogens with one attached hydrogen (secondary N) is 1. The minimum absolute atomic E-state index is 0.470. The summed E-state index contributed by atoms with van der Waals surface area (Å²) in [5.74, 6) is 1.55. The number of benzene rings is 1. The van der Waals surface area contributed by atoms with Crippen LogP contribution in [-0.2, 0) is 0 Å². The summed E-state index contributed by atoms with van der Waals surface area (Å²) in [4.78, 5) is 0. The van der Waals surface area contributed by atoms with Crippen LogP contribution in [-0.4, -0.2) is 19.7 Å². The Morgan fingerprint density at radius 1 is 1.50 bits per heavy atom. The van der Waals surface area contributed by atoms with Gasteiger partial charge >= 0.3 is 0 Å². The van der Waals surface area contributed by atoms with Gasteiger partial charge in [0.1, 0.15) is 5.75 Å². The second-order valence-corrected chi connectivity index (χ2v) is 4.04. The fraction of sp³-hybridized carbons (Fsp3) is 0.500. The fourth-order valence-electron chi connectivity index (χ4n) is 1.97. The number of hydrogen-bond donors (Lipinski definition) is 1. The molecule has 0 aliphatic carbocycles. The zero-order valence-corrected chi connectivity index (χ0v) is 9.00. The average molecular weight is 191 g/mol. The summed E-state index contributed by atoms with van der Waals surface area (Å²) in [6.07, 6.45) is 0. The molecule has 0 radical (unpaired) electrons. The SMILES string of the molecule is CNC(C)C1COc2ccc(C)cc21. The maximum Gasteiger partial charge on any atom is 0.123 e. The first-order valence-electron chi connectivity index (χ1n) is 5.13. The van der Waals surface area contributed by atoms with E-state index in [9.17, 15) is 0 Å². The Labute approximate surface area is 85.3 Å².